The molecule has 0 radical (unpaired) electrons. The Morgan fingerprint density at radius 1 is 1.31 bits per heavy atom. The van der Waals surface area contributed by atoms with Gasteiger partial charge in [0.05, 0.1) is 4.88 Å². The summed E-state index contributed by atoms with van der Waals surface area (Å²) in [6.07, 6.45) is 4.96. The quantitative estimate of drug-likeness (QED) is 0.771. The number of hydrogen-bond donors (Lipinski definition) is 0. The SMILES string of the molecule is ClCc1nnc(-c2cc3c(s2)CCCC3)o1. The van der Waals surface area contributed by atoms with Gasteiger partial charge in [-0.15, -0.1) is 33.1 Å². The third-order valence-corrected chi connectivity index (χ3v) is 4.24. The monoisotopic (exact) mass is 254 g/mol. The summed E-state index contributed by atoms with van der Waals surface area (Å²) in [5, 5.41) is 7.89. The third-order valence-electron chi connectivity index (χ3n) is 2.79. The van der Waals surface area contributed by atoms with Gasteiger partial charge in [0.2, 0.25) is 5.89 Å². The highest BCUT2D eigenvalue weighted by Crippen LogP contribution is 2.35. The smallest absolute Gasteiger partial charge is 0.257 e. The van der Waals surface area contributed by atoms with Crippen LogP contribution in [-0.4, -0.2) is 10.2 Å². The second-order valence-electron chi connectivity index (χ2n) is 3.90. The van der Waals surface area contributed by atoms with E-state index in [9.17, 15) is 0 Å². The lowest BCUT2D eigenvalue weighted by atomic mass is 9.99. The van der Waals surface area contributed by atoms with Crippen molar-refractivity contribution in [1.29, 1.82) is 0 Å². The minimum absolute atomic E-state index is 0.276. The summed E-state index contributed by atoms with van der Waals surface area (Å²) in [5.74, 6) is 1.37. The zero-order valence-electron chi connectivity index (χ0n) is 8.70. The molecule has 0 aromatic carbocycles. The second kappa shape index (κ2) is 4.18. The molecule has 0 N–H and O–H groups in total. The van der Waals surface area contributed by atoms with Crippen LogP contribution in [-0.2, 0) is 18.7 Å². The molecule has 1 aliphatic rings. The van der Waals surface area contributed by atoms with Gasteiger partial charge in [-0.05, 0) is 37.3 Å². The summed E-state index contributed by atoms with van der Waals surface area (Å²) < 4.78 is 5.45. The highest BCUT2D eigenvalue weighted by Gasteiger charge is 2.17. The molecular weight excluding hydrogens is 244 g/mol. The van der Waals surface area contributed by atoms with Crippen LogP contribution in [0, 0.1) is 0 Å². The van der Waals surface area contributed by atoms with Gasteiger partial charge in [0.1, 0.15) is 5.88 Å². The number of alkyl halides is 1. The number of rotatable bonds is 2. The fourth-order valence-electron chi connectivity index (χ4n) is 2.00. The predicted molar refractivity (Wildman–Crippen MR) is 63.8 cm³/mol. The molecule has 1 aliphatic carbocycles. The average molecular weight is 255 g/mol. The van der Waals surface area contributed by atoms with E-state index in [1.165, 1.54) is 36.1 Å². The van der Waals surface area contributed by atoms with Crippen LogP contribution in [0.1, 0.15) is 29.2 Å². The highest BCUT2D eigenvalue weighted by molar-refractivity contribution is 7.15. The van der Waals surface area contributed by atoms with E-state index in [4.69, 9.17) is 16.0 Å². The standard InChI is InChI=1S/C11H11ClN2OS/c12-6-10-13-14-11(15-10)9-5-7-3-1-2-4-8(7)16-9/h5H,1-4,6H2. The Bertz CT molecular complexity index is 482. The molecule has 3 nitrogen and oxygen atoms in total. The summed E-state index contributed by atoms with van der Waals surface area (Å²) in [6, 6.07) is 2.19. The molecule has 0 saturated carbocycles. The lowest BCUT2D eigenvalue weighted by molar-refractivity contribution is 0.528. The Morgan fingerprint density at radius 2 is 2.19 bits per heavy atom. The number of halogens is 1. The molecule has 3 rings (SSSR count). The van der Waals surface area contributed by atoms with Gasteiger partial charge >= 0.3 is 0 Å². The fraction of sp³-hybridized carbons (Fsp3) is 0.455. The van der Waals surface area contributed by atoms with Gasteiger partial charge in [0, 0.05) is 4.88 Å². The first-order valence-electron chi connectivity index (χ1n) is 5.37. The van der Waals surface area contributed by atoms with Gasteiger partial charge < -0.3 is 4.42 Å². The first-order chi connectivity index (χ1) is 7.86. The van der Waals surface area contributed by atoms with Crippen molar-refractivity contribution >= 4 is 22.9 Å². The van der Waals surface area contributed by atoms with Crippen LogP contribution in [0.5, 0.6) is 0 Å². The van der Waals surface area contributed by atoms with Crippen molar-refractivity contribution in [2.24, 2.45) is 0 Å². The summed E-state index contributed by atoms with van der Waals surface area (Å²) in [4.78, 5) is 2.56. The predicted octanol–water partition coefficient (Wildman–Crippen LogP) is 3.42. The minimum Gasteiger partial charge on any atom is -0.419 e. The molecule has 0 atom stereocenters. The Hall–Kier alpha value is -0.870. The van der Waals surface area contributed by atoms with Crippen molar-refractivity contribution in [3.63, 3.8) is 0 Å². The van der Waals surface area contributed by atoms with Crippen LogP contribution < -0.4 is 0 Å². The van der Waals surface area contributed by atoms with E-state index < -0.39 is 0 Å². The molecule has 0 saturated heterocycles. The molecule has 0 bridgehead atoms. The van der Waals surface area contributed by atoms with E-state index in [0.717, 1.165) is 4.88 Å². The molecule has 2 aromatic rings. The largest absolute Gasteiger partial charge is 0.419 e. The number of aromatic nitrogens is 2. The van der Waals surface area contributed by atoms with Gasteiger partial charge in [-0.1, -0.05) is 0 Å². The normalized spacial score (nSPS) is 15.1. The molecule has 5 heteroatoms. The average Bonchev–Trinajstić information content (AvgIpc) is 2.95. The van der Waals surface area contributed by atoms with Crippen LogP contribution in [0.3, 0.4) is 0 Å². The van der Waals surface area contributed by atoms with Crippen LogP contribution in [0.2, 0.25) is 0 Å². The number of aryl methyl sites for hydroxylation is 2. The lowest BCUT2D eigenvalue weighted by Gasteiger charge is -2.08. The Balaban J connectivity index is 1.96. The van der Waals surface area contributed by atoms with Crippen molar-refractivity contribution in [2.45, 2.75) is 31.6 Å². The van der Waals surface area contributed by atoms with E-state index in [0.29, 0.717) is 11.8 Å². The maximum Gasteiger partial charge on any atom is 0.257 e. The van der Waals surface area contributed by atoms with Gasteiger partial charge in [0.15, 0.2) is 0 Å². The third kappa shape index (κ3) is 1.76. The van der Waals surface area contributed by atoms with Gasteiger partial charge in [-0.3, -0.25) is 0 Å². The molecular formula is C11H11ClN2OS. The molecule has 0 aliphatic heterocycles. The summed E-state index contributed by atoms with van der Waals surface area (Å²) >= 11 is 7.41. The molecule has 2 heterocycles. The van der Waals surface area contributed by atoms with Crippen molar-refractivity contribution in [3.8, 4) is 10.8 Å². The van der Waals surface area contributed by atoms with E-state index >= 15 is 0 Å². The molecule has 0 unspecified atom stereocenters. The minimum atomic E-state index is 0.276. The molecule has 0 fully saturated rings. The second-order valence-corrected chi connectivity index (χ2v) is 5.30. The van der Waals surface area contributed by atoms with E-state index in [2.05, 4.69) is 16.3 Å². The molecule has 16 heavy (non-hydrogen) atoms. The summed E-state index contributed by atoms with van der Waals surface area (Å²) in [5.41, 5.74) is 1.46. The molecule has 0 amide bonds. The Labute approximate surface area is 102 Å². The van der Waals surface area contributed by atoms with Crippen LogP contribution in [0.4, 0.5) is 0 Å². The number of fused-ring (bicyclic) bond motifs is 1. The molecule has 2 aromatic heterocycles. The highest BCUT2D eigenvalue weighted by atomic mass is 35.5. The number of hydrogen-bond acceptors (Lipinski definition) is 4. The van der Waals surface area contributed by atoms with Crippen molar-refractivity contribution in [3.05, 3.63) is 22.4 Å². The van der Waals surface area contributed by atoms with E-state index in [1.54, 1.807) is 11.3 Å². The van der Waals surface area contributed by atoms with E-state index in [1.807, 2.05) is 0 Å². The fourth-order valence-corrected chi connectivity index (χ4v) is 3.29. The van der Waals surface area contributed by atoms with Gasteiger partial charge in [-0.25, -0.2) is 0 Å². The Kier molecular flexibility index (Phi) is 2.69. The summed E-state index contributed by atoms with van der Waals surface area (Å²) in [6.45, 7) is 0. The topological polar surface area (TPSA) is 38.9 Å². The molecule has 84 valence electrons. The van der Waals surface area contributed by atoms with Crippen LogP contribution in [0.15, 0.2) is 10.5 Å². The molecule has 0 spiro atoms. The zero-order chi connectivity index (χ0) is 11.0. The maximum atomic E-state index is 5.64. The summed E-state index contributed by atoms with van der Waals surface area (Å²) in [7, 11) is 0. The van der Waals surface area contributed by atoms with Crippen molar-refractivity contribution in [1.82, 2.24) is 10.2 Å². The maximum absolute atomic E-state index is 5.64. The lowest BCUT2D eigenvalue weighted by Crippen LogP contribution is -1.96. The first kappa shape index (κ1) is 10.3. The van der Waals surface area contributed by atoms with Crippen LogP contribution in [0.25, 0.3) is 10.8 Å². The van der Waals surface area contributed by atoms with Crippen molar-refractivity contribution in [2.75, 3.05) is 0 Å². The van der Waals surface area contributed by atoms with Crippen LogP contribution >= 0.6 is 22.9 Å². The zero-order valence-corrected chi connectivity index (χ0v) is 10.3. The van der Waals surface area contributed by atoms with E-state index in [-0.39, 0.29) is 5.88 Å². The van der Waals surface area contributed by atoms with Gasteiger partial charge in [-0.2, -0.15) is 0 Å². The Morgan fingerprint density at radius 3 is 2.94 bits per heavy atom. The number of nitrogens with zero attached hydrogens (tertiary/aromatic N) is 2. The van der Waals surface area contributed by atoms with Gasteiger partial charge in [0.25, 0.3) is 5.89 Å². The number of thiophene rings is 1. The van der Waals surface area contributed by atoms with Crippen molar-refractivity contribution < 1.29 is 4.42 Å². The first-order valence-corrected chi connectivity index (χ1v) is 6.72.